The molecule has 0 unspecified atom stereocenters. The van der Waals surface area contributed by atoms with Crippen LogP contribution in [0.3, 0.4) is 0 Å². The highest BCUT2D eigenvalue weighted by Gasteiger charge is 2.20. The van der Waals surface area contributed by atoms with E-state index >= 15 is 0 Å². The van der Waals surface area contributed by atoms with Crippen LogP contribution >= 0.6 is 11.6 Å². The van der Waals surface area contributed by atoms with E-state index in [2.05, 4.69) is 37.2 Å². The van der Waals surface area contributed by atoms with Crippen LogP contribution in [0.5, 0.6) is 5.75 Å². The number of carbonyl (C=O) groups is 1. The molecular weight excluding hydrogens is 484 g/mol. The Balaban J connectivity index is 1.68. The zero-order valence-corrected chi connectivity index (χ0v) is 21.2. The SMILES string of the molecule is C=CC(=O)Nc1cc(Nc2ncc(Cl)c(-n3cc(CN(C)C)cn3)n2)c(OC)cc1N1CCOCC1. The van der Waals surface area contributed by atoms with Crippen LogP contribution in [0.4, 0.5) is 23.0 Å². The van der Waals surface area contributed by atoms with E-state index in [1.807, 2.05) is 31.3 Å². The summed E-state index contributed by atoms with van der Waals surface area (Å²) in [5.41, 5.74) is 3.00. The molecule has 1 saturated heterocycles. The Morgan fingerprint density at radius 3 is 2.75 bits per heavy atom. The number of amides is 1. The van der Waals surface area contributed by atoms with Crippen molar-refractivity contribution in [2.45, 2.75) is 6.54 Å². The number of nitrogens with one attached hydrogen (secondary N) is 2. The molecule has 0 spiro atoms. The Hall–Kier alpha value is -3.67. The van der Waals surface area contributed by atoms with Gasteiger partial charge in [-0.1, -0.05) is 18.2 Å². The summed E-state index contributed by atoms with van der Waals surface area (Å²) in [7, 11) is 5.55. The van der Waals surface area contributed by atoms with E-state index in [-0.39, 0.29) is 11.9 Å². The third-order valence-electron chi connectivity index (χ3n) is 5.44. The van der Waals surface area contributed by atoms with E-state index < -0.39 is 0 Å². The Kier molecular flexibility index (Phi) is 8.04. The molecule has 3 aromatic rings. The van der Waals surface area contributed by atoms with Crippen molar-refractivity contribution in [3.8, 4) is 11.6 Å². The van der Waals surface area contributed by atoms with Gasteiger partial charge in [-0.2, -0.15) is 10.1 Å². The summed E-state index contributed by atoms with van der Waals surface area (Å²) in [6.45, 7) is 6.87. The van der Waals surface area contributed by atoms with Gasteiger partial charge in [-0.25, -0.2) is 9.67 Å². The van der Waals surface area contributed by atoms with Crippen LogP contribution in [0.1, 0.15) is 5.56 Å². The van der Waals surface area contributed by atoms with E-state index in [0.717, 1.165) is 17.8 Å². The second kappa shape index (κ2) is 11.4. The molecule has 4 rings (SSSR count). The maximum absolute atomic E-state index is 12.2. The first-order valence-corrected chi connectivity index (χ1v) is 11.7. The average Bonchev–Trinajstić information content (AvgIpc) is 3.33. The minimum atomic E-state index is -0.321. The Bertz CT molecular complexity index is 1240. The Morgan fingerprint density at radius 2 is 2.06 bits per heavy atom. The van der Waals surface area contributed by atoms with E-state index in [9.17, 15) is 4.79 Å². The smallest absolute Gasteiger partial charge is 0.247 e. The van der Waals surface area contributed by atoms with Gasteiger partial charge in [0.15, 0.2) is 5.82 Å². The Labute approximate surface area is 214 Å². The number of anilines is 4. The van der Waals surface area contributed by atoms with Gasteiger partial charge in [-0.3, -0.25) is 4.79 Å². The predicted octanol–water partition coefficient (Wildman–Crippen LogP) is 3.09. The normalized spacial score (nSPS) is 13.5. The summed E-state index contributed by atoms with van der Waals surface area (Å²) < 4.78 is 12.7. The molecular formula is C24H29ClN8O3. The monoisotopic (exact) mass is 512 g/mol. The van der Waals surface area contributed by atoms with Crippen LogP contribution < -0.4 is 20.3 Å². The maximum Gasteiger partial charge on any atom is 0.247 e. The number of hydrogen-bond acceptors (Lipinski definition) is 9. The molecule has 0 radical (unpaired) electrons. The summed E-state index contributed by atoms with van der Waals surface area (Å²) in [5.74, 6) is 0.958. The minimum absolute atomic E-state index is 0.289. The van der Waals surface area contributed by atoms with Crippen molar-refractivity contribution < 1.29 is 14.3 Å². The maximum atomic E-state index is 12.2. The van der Waals surface area contributed by atoms with Crippen molar-refractivity contribution in [2.24, 2.45) is 0 Å². The van der Waals surface area contributed by atoms with Crippen LogP contribution in [-0.2, 0) is 16.1 Å². The number of halogens is 1. The second-order valence-corrected chi connectivity index (χ2v) is 8.79. The van der Waals surface area contributed by atoms with Gasteiger partial charge < -0.3 is 29.9 Å². The summed E-state index contributed by atoms with van der Waals surface area (Å²) >= 11 is 6.39. The summed E-state index contributed by atoms with van der Waals surface area (Å²) in [6.07, 6.45) is 6.38. The number of benzene rings is 1. The molecule has 0 atom stereocenters. The quantitative estimate of drug-likeness (QED) is 0.418. The van der Waals surface area contributed by atoms with Gasteiger partial charge in [-0.05, 0) is 26.2 Å². The van der Waals surface area contributed by atoms with E-state index in [4.69, 9.17) is 21.1 Å². The number of nitrogens with zero attached hydrogens (tertiary/aromatic N) is 6. The van der Waals surface area contributed by atoms with E-state index in [1.54, 1.807) is 24.1 Å². The molecule has 11 nitrogen and oxygen atoms in total. The molecule has 1 aromatic carbocycles. The van der Waals surface area contributed by atoms with Gasteiger partial charge >= 0.3 is 0 Å². The lowest BCUT2D eigenvalue weighted by Crippen LogP contribution is -2.36. The van der Waals surface area contributed by atoms with Gasteiger partial charge in [0.2, 0.25) is 11.9 Å². The third-order valence-corrected chi connectivity index (χ3v) is 5.70. The number of carbonyl (C=O) groups excluding carboxylic acids is 1. The van der Waals surface area contributed by atoms with Gasteiger partial charge in [0.25, 0.3) is 0 Å². The fraction of sp³-hybridized carbons (Fsp3) is 0.333. The van der Waals surface area contributed by atoms with Gasteiger partial charge in [0.05, 0.1) is 49.8 Å². The summed E-state index contributed by atoms with van der Waals surface area (Å²) in [5, 5.41) is 10.8. The molecule has 0 aliphatic carbocycles. The molecule has 1 aliphatic heterocycles. The average molecular weight is 513 g/mol. The van der Waals surface area contributed by atoms with Crippen molar-refractivity contribution in [3.05, 3.63) is 54.0 Å². The fourth-order valence-corrected chi connectivity index (χ4v) is 3.99. The molecule has 0 bridgehead atoms. The van der Waals surface area contributed by atoms with Crippen molar-refractivity contribution in [2.75, 3.05) is 63.0 Å². The van der Waals surface area contributed by atoms with E-state index in [1.165, 1.54) is 12.3 Å². The van der Waals surface area contributed by atoms with Crippen molar-refractivity contribution >= 4 is 40.5 Å². The number of rotatable bonds is 9. The summed E-state index contributed by atoms with van der Waals surface area (Å²) in [6, 6.07) is 3.65. The first-order valence-electron chi connectivity index (χ1n) is 11.3. The van der Waals surface area contributed by atoms with Crippen LogP contribution in [-0.4, -0.2) is 78.1 Å². The molecule has 1 amide bonds. The lowest BCUT2D eigenvalue weighted by Gasteiger charge is -2.31. The molecule has 0 saturated carbocycles. The highest BCUT2D eigenvalue weighted by Crippen LogP contribution is 2.38. The molecule has 36 heavy (non-hydrogen) atoms. The van der Waals surface area contributed by atoms with Crippen LogP contribution in [0.2, 0.25) is 5.02 Å². The standard InChI is InChI=1S/C24H29ClN8O3/c1-5-22(34)28-18-10-19(21(35-4)11-20(18)32-6-8-36-9-7-32)29-24-26-13-17(25)23(30-24)33-15-16(12-27-33)14-31(2)3/h5,10-13,15H,1,6-9,14H2,2-4H3,(H,28,34)(H,26,29,30). The lowest BCUT2D eigenvalue weighted by atomic mass is 10.1. The van der Waals surface area contributed by atoms with Gasteiger partial charge in [0, 0.05) is 37.5 Å². The fourth-order valence-electron chi connectivity index (χ4n) is 3.81. The number of methoxy groups -OCH3 is 1. The number of hydrogen-bond donors (Lipinski definition) is 2. The van der Waals surface area contributed by atoms with Crippen molar-refractivity contribution in [1.82, 2.24) is 24.6 Å². The molecule has 190 valence electrons. The van der Waals surface area contributed by atoms with Crippen molar-refractivity contribution in [1.29, 1.82) is 0 Å². The summed E-state index contributed by atoms with van der Waals surface area (Å²) in [4.78, 5) is 25.2. The number of morpholine rings is 1. The first-order chi connectivity index (χ1) is 17.4. The zero-order chi connectivity index (χ0) is 25.7. The highest BCUT2D eigenvalue weighted by atomic mass is 35.5. The number of ether oxygens (including phenoxy) is 2. The topological polar surface area (TPSA) is 110 Å². The molecule has 2 aromatic heterocycles. The van der Waals surface area contributed by atoms with Crippen LogP contribution in [0, 0.1) is 0 Å². The lowest BCUT2D eigenvalue weighted by molar-refractivity contribution is -0.111. The zero-order valence-electron chi connectivity index (χ0n) is 20.5. The molecule has 1 fully saturated rings. The second-order valence-electron chi connectivity index (χ2n) is 8.38. The predicted molar refractivity (Wildman–Crippen MR) is 140 cm³/mol. The Morgan fingerprint density at radius 1 is 1.28 bits per heavy atom. The largest absolute Gasteiger partial charge is 0.494 e. The van der Waals surface area contributed by atoms with Crippen LogP contribution in [0.25, 0.3) is 5.82 Å². The first kappa shape index (κ1) is 25.4. The van der Waals surface area contributed by atoms with Gasteiger partial charge in [-0.15, -0.1) is 0 Å². The van der Waals surface area contributed by atoms with Crippen LogP contribution in [0.15, 0.2) is 43.4 Å². The molecule has 3 heterocycles. The van der Waals surface area contributed by atoms with E-state index in [0.29, 0.717) is 54.3 Å². The molecule has 12 heteroatoms. The minimum Gasteiger partial charge on any atom is -0.494 e. The highest BCUT2D eigenvalue weighted by molar-refractivity contribution is 6.32. The number of aromatic nitrogens is 4. The van der Waals surface area contributed by atoms with Crippen molar-refractivity contribution in [3.63, 3.8) is 0 Å². The molecule has 1 aliphatic rings. The molecule has 2 N–H and O–H groups in total. The third kappa shape index (κ3) is 5.93. The van der Waals surface area contributed by atoms with Gasteiger partial charge in [0.1, 0.15) is 10.8 Å².